The molecule has 0 amide bonds. The van der Waals surface area contributed by atoms with Gasteiger partial charge in [-0.3, -0.25) is 4.79 Å². The van der Waals surface area contributed by atoms with Crippen molar-refractivity contribution in [2.24, 2.45) is 0 Å². The number of hydrogen-bond donors (Lipinski definition) is 0. The highest BCUT2D eigenvalue weighted by Gasteiger charge is 2.15. The first-order valence-electron chi connectivity index (χ1n) is 5.51. The summed E-state index contributed by atoms with van der Waals surface area (Å²) in [4.78, 5) is 12.2. The van der Waals surface area contributed by atoms with Gasteiger partial charge in [0.1, 0.15) is 5.76 Å². The zero-order valence-corrected chi connectivity index (χ0v) is 11.4. The van der Waals surface area contributed by atoms with E-state index in [0.717, 1.165) is 22.2 Å². The number of benzene rings is 1. The molecular weight excluding hydrogens is 280 g/mol. The summed E-state index contributed by atoms with van der Waals surface area (Å²) in [6.45, 7) is 3.92. The topological polar surface area (TPSA) is 30.2 Å². The average molecular weight is 293 g/mol. The first-order chi connectivity index (χ1) is 8.11. The molecule has 0 saturated carbocycles. The minimum Gasteiger partial charge on any atom is -0.458 e. The lowest BCUT2D eigenvalue weighted by Crippen LogP contribution is -2.02. The van der Waals surface area contributed by atoms with Crippen molar-refractivity contribution in [3.63, 3.8) is 0 Å². The molecule has 2 aromatic rings. The van der Waals surface area contributed by atoms with Crippen molar-refractivity contribution >= 4 is 21.7 Å². The van der Waals surface area contributed by atoms with Crippen LogP contribution >= 0.6 is 15.9 Å². The summed E-state index contributed by atoms with van der Waals surface area (Å²) in [7, 11) is 0. The number of aryl methyl sites for hydroxylation is 2. The molecule has 0 radical (unpaired) electrons. The summed E-state index contributed by atoms with van der Waals surface area (Å²) < 4.78 is 6.45. The van der Waals surface area contributed by atoms with Crippen molar-refractivity contribution in [1.82, 2.24) is 0 Å². The van der Waals surface area contributed by atoms with E-state index in [-0.39, 0.29) is 5.78 Å². The van der Waals surface area contributed by atoms with Crippen LogP contribution < -0.4 is 0 Å². The minimum atomic E-state index is -0.0605. The Labute approximate surface area is 109 Å². The number of ketones is 1. The van der Waals surface area contributed by atoms with Gasteiger partial charge in [-0.25, -0.2) is 0 Å². The van der Waals surface area contributed by atoms with Gasteiger partial charge in [0.2, 0.25) is 5.78 Å². The molecule has 17 heavy (non-hydrogen) atoms. The van der Waals surface area contributed by atoms with Crippen LogP contribution in [0, 0.1) is 6.92 Å². The molecule has 1 aromatic heterocycles. The number of hydrogen-bond acceptors (Lipinski definition) is 2. The Morgan fingerprint density at radius 2 is 2.06 bits per heavy atom. The number of carbonyl (C=O) groups is 1. The van der Waals surface area contributed by atoms with Crippen molar-refractivity contribution in [3.05, 3.63) is 57.5 Å². The van der Waals surface area contributed by atoms with E-state index in [4.69, 9.17) is 4.42 Å². The van der Waals surface area contributed by atoms with E-state index in [9.17, 15) is 4.79 Å². The maximum absolute atomic E-state index is 12.2. The number of rotatable bonds is 3. The van der Waals surface area contributed by atoms with Gasteiger partial charge in [-0.05, 0) is 42.8 Å². The molecule has 88 valence electrons. The number of halogens is 1. The number of carbonyl (C=O) groups excluding carboxylic acids is 1. The zero-order valence-electron chi connectivity index (χ0n) is 9.79. The molecule has 0 aliphatic rings. The summed E-state index contributed by atoms with van der Waals surface area (Å²) in [5.41, 5.74) is 1.63. The lowest BCUT2D eigenvalue weighted by Gasteiger charge is -2.03. The minimum absolute atomic E-state index is 0.0605. The molecular formula is C14H13BrO2. The summed E-state index contributed by atoms with van der Waals surface area (Å²) in [6.07, 6.45) is 0.798. The third kappa shape index (κ3) is 2.50. The van der Waals surface area contributed by atoms with E-state index in [1.807, 2.05) is 38.1 Å². The van der Waals surface area contributed by atoms with Gasteiger partial charge >= 0.3 is 0 Å². The first kappa shape index (κ1) is 12.1. The Kier molecular flexibility index (Phi) is 3.48. The molecule has 0 bridgehead atoms. The van der Waals surface area contributed by atoms with E-state index >= 15 is 0 Å². The third-order valence-electron chi connectivity index (χ3n) is 2.67. The van der Waals surface area contributed by atoms with Crippen LogP contribution in [-0.2, 0) is 6.42 Å². The maximum Gasteiger partial charge on any atom is 0.228 e. The monoisotopic (exact) mass is 292 g/mol. The molecule has 0 atom stereocenters. The van der Waals surface area contributed by atoms with Gasteiger partial charge in [0.25, 0.3) is 0 Å². The molecule has 0 fully saturated rings. The van der Waals surface area contributed by atoms with Crippen LogP contribution in [0.3, 0.4) is 0 Å². The molecule has 0 N–H and O–H groups in total. The predicted molar refractivity (Wildman–Crippen MR) is 70.4 cm³/mol. The fourth-order valence-corrected chi connectivity index (χ4v) is 2.18. The third-order valence-corrected chi connectivity index (χ3v) is 3.16. The second-order valence-electron chi connectivity index (χ2n) is 3.91. The number of furan rings is 1. The molecule has 3 heteroatoms. The lowest BCUT2D eigenvalue weighted by molar-refractivity contribution is 0.101. The van der Waals surface area contributed by atoms with Gasteiger partial charge in [-0.2, -0.15) is 0 Å². The Morgan fingerprint density at radius 1 is 1.29 bits per heavy atom. The molecule has 0 unspecified atom stereocenters. The van der Waals surface area contributed by atoms with E-state index in [1.165, 1.54) is 0 Å². The van der Waals surface area contributed by atoms with Crippen LogP contribution in [0.4, 0.5) is 0 Å². The summed E-state index contributed by atoms with van der Waals surface area (Å²) in [6, 6.07) is 9.20. The van der Waals surface area contributed by atoms with Crippen LogP contribution in [0.2, 0.25) is 0 Å². The van der Waals surface area contributed by atoms with Crippen molar-refractivity contribution in [2.45, 2.75) is 20.3 Å². The second kappa shape index (κ2) is 4.88. The van der Waals surface area contributed by atoms with Crippen molar-refractivity contribution in [1.29, 1.82) is 0 Å². The van der Waals surface area contributed by atoms with Gasteiger partial charge in [-0.1, -0.05) is 22.9 Å². The van der Waals surface area contributed by atoms with E-state index in [2.05, 4.69) is 15.9 Å². The van der Waals surface area contributed by atoms with Gasteiger partial charge in [0.15, 0.2) is 5.76 Å². The van der Waals surface area contributed by atoms with Crippen molar-refractivity contribution in [2.75, 3.05) is 0 Å². The SMILES string of the molecule is CCc1ccc(C(=O)c2ccc(Br)cc2C)o1. The summed E-state index contributed by atoms with van der Waals surface area (Å²) in [5, 5.41) is 0. The first-order valence-corrected chi connectivity index (χ1v) is 6.30. The standard InChI is InChI=1S/C14H13BrO2/c1-3-11-5-7-13(17-11)14(16)12-6-4-10(15)8-9(12)2/h4-8H,3H2,1-2H3. The van der Waals surface area contributed by atoms with Gasteiger partial charge < -0.3 is 4.42 Å². The van der Waals surface area contributed by atoms with Crippen LogP contribution in [0.25, 0.3) is 0 Å². The molecule has 0 aliphatic heterocycles. The van der Waals surface area contributed by atoms with Crippen LogP contribution in [0.1, 0.15) is 34.4 Å². The highest BCUT2D eigenvalue weighted by Crippen LogP contribution is 2.20. The molecule has 1 aromatic carbocycles. The largest absolute Gasteiger partial charge is 0.458 e. The molecule has 1 heterocycles. The Hall–Kier alpha value is -1.35. The second-order valence-corrected chi connectivity index (χ2v) is 4.82. The molecule has 0 aliphatic carbocycles. The molecule has 2 rings (SSSR count). The smallest absolute Gasteiger partial charge is 0.228 e. The maximum atomic E-state index is 12.2. The van der Waals surface area contributed by atoms with E-state index in [0.29, 0.717) is 11.3 Å². The molecule has 2 nitrogen and oxygen atoms in total. The quantitative estimate of drug-likeness (QED) is 0.796. The average Bonchev–Trinajstić information content (AvgIpc) is 2.76. The van der Waals surface area contributed by atoms with Crippen LogP contribution in [0.5, 0.6) is 0 Å². The Balaban J connectivity index is 2.36. The van der Waals surface area contributed by atoms with Crippen molar-refractivity contribution < 1.29 is 9.21 Å². The highest BCUT2D eigenvalue weighted by atomic mass is 79.9. The Bertz CT molecular complexity index is 555. The summed E-state index contributed by atoms with van der Waals surface area (Å²) >= 11 is 3.38. The zero-order chi connectivity index (χ0) is 12.4. The Morgan fingerprint density at radius 3 is 2.65 bits per heavy atom. The predicted octanol–water partition coefficient (Wildman–Crippen LogP) is 4.14. The van der Waals surface area contributed by atoms with Crippen LogP contribution in [-0.4, -0.2) is 5.78 Å². The fourth-order valence-electron chi connectivity index (χ4n) is 1.70. The van der Waals surface area contributed by atoms with Gasteiger partial charge in [-0.15, -0.1) is 0 Å². The van der Waals surface area contributed by atoms with E-state index in [1.54, 1.807) is 6.07 Å². The molecule has 0 saturated heterocycles. The van der Waals surface area contributed by atoms with Gasteiger partial charge in [0, 0.05) is 16.5 Å². The van der Waals surface area contributed by atoms with Crippen LogP contribution in [0.15, 0.2) is 39.2 Å². The fraction of sp³-hybridized carbons (Fsp3) is 0.214. The lowest BCUT2D eigenvalue weighted by atomic mass is 10.0. The van der Waals surface area contributed by atoms with Gasteiger partial charge in [0.05, 0.1) is 0 Å². The highest BCUT2D eigenvalue weighted by molar-refractivity contribution is 9.10. The molecule has 0 spiro atoms. The van der Waals surface area contributed by atoms with E-state index < -0.39 is 0 Å². The normalized spacial score (nSPS) is 10.5. The van der Waals surface area contributed by atoms with Crippen molar-refractivity contribution in [3.8, 4) is 0 Å². The summed E-state index contributed by atoms with van der Waals surface area (Å²) in [5.74, 6) is 1.19.